The maximum Gasteiger partial charge on any atom is 0.280 e. The maximum absolute atomic E-state index is 12.0. The zero-order valence-corrected chi connectivity index (χ0v) is 13.2. The molecule has 4 N–H and O–H groups in total. The lowest BCUT2D eigenvalue weighted by molar-refractivity contribution is 0.100. The third-order valence-corrected chi connectivity index (χ3v) is 3.34. The Kier molecular flexibility index (Phi) is 4.82. The van der Waals surface area contributed by atoms with Crippen molar-refractivity contribution in [3.05, 3.63) is 53.9 Å². The molecule has 0 aliphatic carbocycles. The number of nitrogens with zero attached hydrogens (tertiary/aromatic N) is 2. The number of rotatable bonds is 5. The van der Waals surface area contributed by atoms with Gasteiger partial charge < -0.3 is 16.0 Å². The van der Waals surface area contributed by atoms with Gasteiger partial charge in [0.25, 0.3) is 16.0 Å². The Morgan fingerprint density at radius 3 is 2.43 bits per heavy atom. The Morgan fingerprint density at radius 1 is 1.22 bits per heavy atom. The van der Waals surface area contributed by atoms with Crippen molar-refractivity contribution in [2.75, 3.05) is 6.26 Å². The molecule has 0 saturated carbocycles. The molecule has 122 valence electrons. The number of nitrogens with two attached hydrogens (primary N) is 2. The van der Waals surface area contributed by atoms with Gasteiger partial charge >= 0.3 is 0 Å². The van der Waals surface area contributed by atoms with Gasteiger partial charge in [-0.25, -0.2) is 0 Å². The number of carbonyl (C=O) groups is 1. The van der Waals surface area contributed by atoms with Gasteiger partial charge in [-0.2, -0.15) is 13.4 Å². The van der Waals surface area contributed by atoms with Crippen molar-refractivity contribution in [1.82, 2.24) is 4.57 Å². The highest BCUT2D eigenvalue weighted by Gasteiger charge is 2.11. The van der Waals surface area contributed by atoms with Crippen LogP contribution in [0.25, 0.3) is 5.69 Å². The Hall–Kier alpha value is -2.65. The van der Waals surface area contributed by atoms with Gasteiger partial charge in [0.1, 0.15) is 0 Å². The molecule has 1 heterocycles. The van der Waals surface area contributed by atoms with Crippen LogP contribution in [0.3, 0.4) is 0 Å². The molecule has 23 heavy (non-hydrogen) atoms. The molecule has 0 aliphatic heterocycles. The number of carbonyl (C=O) groups excluding carboxylic acids is 1. The standard InChI is InChI=1S/C14H16N4O4S/c1-23(20,21)22-9-10-6-11(13(19)17-14(15)16)8-12(7-10)18-4-2-3-5-18/h2-8H,9H2,1H3,(H4,15,16,17,19). The fourth-order valence-corrected chi connectivity index (χ4v) is 2.24. The number of aromatic nitrogens is 1. The van der Waals surface area contributed by atoms with Crippen LogP contribution in [0.5, 0.6) is 0 Å². The highest BCUT2D eigenvalue weighted by Crippen LogP contribution is 2.17. The van der Waals surface area contributed by atoms with Crippen LogP contribution in [-0.4, -0.2) is 31.1 Å². The van der Waals surface area contributed by atoms with E-state index in [9.17, 15) is 13.2 Å². The molecule has 0 radical (unpaired) electrons. The Bertz CT molecular complexity index is 838. The SMILES string of the molecule is CS(=O)(=O)OCc1cc(C(=O)N=C(N)N)cc(-n2cccc2)c1. The van der Waals surface area contributed by atoms with Crippen molar-refractivity contribution >= 4 is 22.0 Å². The fraction of sp³-hybridized carbons (Fsp3) is 0.143. The number of amides is 1. The van der Waals surface area contributed by atoms with Gasteiger partial charge in [0.2, 0.25) is 0 Å². The first-order valence-corrected chi connectivity index (χ1v) is 8.32. The lowest BCUT2D eigenvalue weighted by atomic mass is 10.1. The van der Waals surface area contributed by atoms with E-state index in [2.05, 4.69) is 4.99 Å². The highest BCUT2D eigenvalue weighted by molar-refractivity contribution is 7.85. The van der Waals surface area contributed by atoms with Crippen LogP contribution in [0.15, 0.2) is 47.7 Å². The third kappa shape index (κ3) is 4.94. The van der Waals surface area contributed by atoms with Crippen molar-refractivity contribution in [3.63, 3.8) is 0 Å². The largest absolute Gasteiger partial charge is 0.370 e. The van der Waals surface area contributed by atoms with E-state index in [0.29, 0.717) is 11.3 Å². The summed E-state index contributed by atoms with van der Waals surface area (Å²) < 4.78 is 28.8. The van der Waals surface area contributed by atoms with E-state index in [1.54, 1.807) is 29.1 Å². The van der Waals surface area contributed by atoms with Crippen molar-refractivity contribution in [2.45, 2.75) is 6.61 Å². The smallest absolute Gasteiger partial charge is 0.280 e. The summed E-state index contributed by atoms with van der Waals surface area (Å²) in [6, 6.07) is 8.41. The second-order valence-corrected chi connectivity index (χ2v) is 6.43. The minimum absolute atomic E-state index is 0.198. The van der Waals surface area contributed by atoms with Crippen LogP contribution < -0.4 is 11.5 Å². The number of aliphatic imine (C=N–C) groups is 1. The molecule has 2 rings (SSSR count). The molecule has 0 unspecified atom stereocenters. The predicted molar refractivity (Wildman–Crippen MR) is 85.5 cm³/mol. The van der Waals surface area contributed by atoms with E-state index in [-0.39, 0.29) is 18.1 Å². The Balaban J connectivity index is 2.44. The normalized spacial score (nSPS) is 11.2. The number of hydrogen-bond acceptors (Lipinski definition) is 4. The molecule has 0 saturated heterocycles. The molecule has 0 aliphatic rings. The van der Waals surface area contributed by atoms with Gasteiger partial charge in [0, 0.05) is 23.6 Å². The van der Waals surface area contributed by atoms with Crippen LogP contribution in [0, 0.1) is 0 Å². The zero-order chi connectivity index (χ0) is 17.0. The Morgan fingerprint density at radius 2 is 1.87 bits per heavy atom. The number of benzene rings is 1. The Labute approximate surface area is 133 Å². The average Bonchev–Trinajstić information content (AvgIpc) is 2.97. The second-order valence-electron chi connectivity index (χ2n) is 4.79. The zero-order valence-electron chi connectivity index (χ0n) is 12.3. The molecule has 0 fully saturated rings. The second kappa shape index (κ2) is 6.63. The maximum atomic E-state index is 12.0. The van der Waals surface area contributed by atoms with Crippen molar-refractivity contribution < 1.29 is 17.4 Å². The van der Waals surface area contributed by atoms with E-state index in [1.807, 2.05) is 12.1 Å². The summed E-state index contributed by atoms with van der Waals surface area (Å²) in [6.07, 6.45) is 4.52. The quantitative estimate of drug-likeness (QED) is 0.461. The topological polar surface area (TPSA) is 130 Å². The molecular formula is C14H16N4O4S. The van der Waals surface area contributed by atoms with Crippen molar-refractivity contribution in [1.29, 1.82) is 0 Å². The van der Waals surface area contributed by atoms with Crippen molar-refractivity contribution in [3.8, 4) is 5.69 Å². The minimum atomic E-state index is -3.60. The molecule has 2 aromatic rings. The van der Waals surface area contributed by atoms with Crippen LogP contribution >= 0.6 is 0 Å². The van der Waals surface area contributed by atoms with Crippen molar-refractivity contribution in [2.24, 2.45) is 16.5 Å². The summed E-state index contributed by atoms with van der Waals surface area (Å²) in [4.78, 5) is 15.5. The molecule has 0 spiro atoms. The predicted octanol–water partition coefficient (Wildman–Crippen LogP) is 0.367. The lowest BCUT2D eigenvalue weighted by Crippen LogP contribution is -2.24. The first-order chi connectivity index (χ1) is 10.7. The first kappa shape index (κ1) is 16.7. The van der Waals surface area contributed by atoms with Crippen LogP contribution in [0.2, 0.25) is 0 Å². The summed E-state index contributed by atoms with van der Waals surface area (Å²) in [7, 11) is -3.60. The van der Waals surface area contributed by atoms with Gasteiger partial charge in [-0.15, -0.1) is 0 Å². The summed E-state index contributed by atoms with van der Waals surface area (Å²) >= 11 is 0. The van der Waals surface area contributed by atoms with Crippen LogP contribution in [-0.2, 0) is 20.9 Å². The van der Waals surface area contributed by atoms with Gasteiger partial charge in [0.15, 0.2) is 5.96 Å². The first-order valence-electron chi connectivity index (χ1n) is 6.50. The van der Waals surface area contributed by atoms with E-state index < -0.39 is 16.0 Å². The van der Waals surface area contributed by atoms with Gasteiger partial charge in [0.05, 0.1) is 12.9 Å². The lowest BCUT2D eigenvalue weighted by Gasteiger charge is -2.09. The third-order valence-electron chi connectivity index (χ3n) is 2.80. The number of guanidine groups is 1. The molecule has 9 heteroatoms. The summed E-state index contributed by atoms with van der Waals surface area (Å²) in [5.41, 5.74) is 11.8. The molecule has 1 aromatic carbocycles. The molecule has 1 amide bonds. The monoisotopic (exact) mass is 336 g/mol. The van der Waals surface area contributed by atoms with E-state index in [1.165, 1.54) is 6.07 Å². The molecule has 1 aromatic heterocycles. The molecule has 0 bridgehead atoms. The highest BCUT2D eigenvalue weighted by atomic mass is 32.2. The van der Waals surface area contributed by atoms with Crippen LogP contribution in [0.4, 0.5) is 0 Å². The van der Waals surface area contributed by atoms with E-state index in [0.717, 1.165) is 6.26 Å². The van der Waals surface area contributed by atoms with Gasteiger partial charge in [-0.1, -0.05) is 0 Å². The fourth-order valence-electron chi connectivity index (χ4n) is 1.89. The van der Waals surface area contributed by atoms with E-state index in [4.69, 9.17) is 15.7 Å². The number of hydrogen-bond donors (Lipinski definition) is 2. The van der Waals surface area contributed by atoms with Gasteiger partial charge in [-0.05, 0) is 35.9 Å². The molecular weight excluding hydrogens is 320 g/mol. The van der Waals surface area contributed by atoms with Gasteiger partial charge in [-0.3, -0.25) is 8.98 Å². The van der Waals surface area contributed by atoms with E-state index >= 15 is 0 Å². The summed E-state index contributed by atoms with van der Waals surface area (Å²) in [5.74, 6) is -0.977. The summed E-state index contributed by atoms with van der Waals surface area (Å²) in [6.45, 7) is -0.198. The average molecular weight is 336 g/mol. The van der Waals surface area contributed by atoms with Crippen LogP contribution in [0.1, 0.15) is 15.9 Å². The molecule has 8 nitrogen and oxygen atoms in total. The molecule has 0 atom stereocenters. The summed E-state index contributed by atoms with van der Waals surface area (Å²) in [5, 5.41) is 0. The minimum Gasteiger partial charge on any atom is -0.370 e.